The van der Waals surface area contributed by atoms with E-state index in [4.69, 9.17) is 25.7 Å². The highest BCUT2D eigenvalue weighted by atomic mass is 32.2. The van der Waals surface area contributed by atoms with Crippen LogP contribution in [0.15, 0.2) is 46.2 Å². The molecule has 41 heavy (non-hydrogen) atoms. The molecule has 0 bridgehead atoms. The van der Waals surface area contributed by atoms with Crippen molar-refractivity contribution < 1.29 is 0 Å². The second kappa shape index (κ2) is 18.6. The lowest BCUT2D eigenvalue weighted by Gasteiger charge is -2.16. The molecule has 0 nitrogen and oxygen atoms in total. The smallest absolute Gasteiger partial charge is 0.0844 e. The molecule has 0 aliphatic carbocycles. The minimum atomic E-state index is -1.29. The lowest BCUT2D eigenvalue weighted by molar-refractivity contribution is 1.39. The zero-order valence-corrected chi connectivity index (χ0v) is 24.7. The van der Waals surface area contributed by atoms with E-state index in [1.807, 2.05) is 38.1 Å². The second-order valence-corrected chi connectivity index (χ2v) is 11.5. The van der Waals surface area contributed by atoms with Crippen LogP contribution in [0.25, 0.3) is 0 Å². The van der Waals surface area contributed by atoms with Gasteiger partial charge in [0.15, 0.2) is 0 Å². The number of benzene rings is 2. The fraction of sp³-hybridized carbons (Fsp3) is 0.0526. The van der Waals surface area contributed by atoms with Crippen LogP contribution in [0.5, 0.6) is 0 Å². The van der Waals surface area contributed by atoms with Crippen molar-refractivity contribution in [3.8, 4) is 143 Å². The van der Waals surface area contributed by atoms with E-state index >= 15 is 0 Å². The molecule has 0 heterocycles. The summed E-state index contributed by atoms with van der Waals surface area (Å²) in [6.45, 7) is 4.03. The molecule has 0 fully saturated rings. The Morgan fingerprint density at radius 2 is 0.780 bits per heavy atom. The Kier molecular flexibility index (Phi) is 14.3. The quantitative estimate of drug-likeness (QED) is 0.369. The monoisotopic (exact) mass is 566 g/mol. The molecule has 0 spiro atoms. The maximum absolute atomic E-state index is 5.24. The molecule has 0 N–H and O–H groups in total. The van der Waals surface area contributed by atoms with Gasteiger partial charge in [-0.2, -0.15) is 0 Å². The van der Waals surface area contributed by atoms with Crippen molar-refractivity contribution in [2.45, 2.75) is 23.6 Å². The lowest BCUT2D eigenvalue weighted by Crippen LogP contribution is -2.07. The van der Waals surface area contributed by atoms with Gasteiger partial charge in [-0.25, -0.2) is 0 Å². The summed E-state index contributed by atoms with van der Waals surface area (Å²) in [5.74, 6) is 41.1. The van der Waals surface area contributed by atoms with Crippen LogP contribution >= 0.6 is 27.6 Å². The molecule has 0 saturated carbocycles. The summed E-state index contributed by atoms with van der Waals surface area (Å²) >= 11 is 1.58. The van der Waals surface area contributed by atoms with Gasteiger partial charge in [-0.1, -0.05) is 35.0 Å². The number of rotatable bonds is 4. The third kappa shape index (κ3) is 11.3. The summed E-state index contributed by atoms with van der Waals surface area (Å²) in [5.41, 5.74) is 14.8. The molecular formula is C38H16P2S. The van der Waals surface area contributed by atoms with Crippen LogP contribution in [0.3, 0.4) is 0 Å². The number of hydrogen-bond donors (Lipinski definition) is 0. The van der Waals surface area contributed by atoms with E-state index in [1.165, 1.54) is 0 Å². The summed E-state index contributed by atoms with van der Waals surface area (Å²) in [6.07, 6.45) is 20.9. The van der Waals surface area contributed by atoms with Gasteiger partial charge in [0.2, 0.25) is 0 Å². The Bertz CT molecular complexity index is 1790. The van der Waals surface area contributed by atoms with Crippen molar-refractivity contribution in [2.75, 3.05) is 0 Å². The number of terminal acetylenes is 4. The van der Waals surface area contributed by atoms with Gasteiger partial charge in [-0.3, -0.25) is 0 Å². The molecule has 2 rings (SSSR count). The van der Waals surface area contributed by atoms with Gasteiger partial charge in [0.25, 0.3) is 0 Å². The van der Waals surface area contributed by atoms with Gasteiger partial charge < -0.3 is 0 Å². The fourth-order valence-corrected chi connectivity index (χ4v) is 6.97. The molecule has 2 aromatic carbocycles. The van der Waals surface area contributed by atoms with Crippen molar-refractivity contribution in [3.63, 3.8) is 0 Å². The highest BCUT2D eigenvalue weighted by Crippen LogP contribution is 2.42. The topological polar surface area (TPSA) is 0 Å². The van der Waals surface area contributed by atoms with E-state index < -0.39 is 15.8 Å². The lowest BCUT2D eigenvalue weighted by atomic mass is 10.2. The first-order valence-electron chi connectivity index (χ1n) is 11.4. The molecule has 184 valence electrons. The normalized spacial score (nSPS) is 7.61. The second-order valence-electron chi connectivity index (χ2n) is 7.24. The summed E-state index contributed by atoms with van der Waals surface area (Å²) in [4.78, 5) is 1.95. The summed E-state index contributed by atoms with van der Waals surface area (Å²) in [6, 6.07) is 12.3. The molecule has 0 aliphatic rings. The molecule has 0 unspecified atom stereocenters. The fourth-order valence-electron chi connectivity index (χ4n) is 2.80. The third-order valence-corrected chi connectivity index (χ3v) is 8.89. The van der Waals surface area contributed by atoms with E-state index in [1.54, 1.807) is 11.8 Å². The van der Waals surface area contributed by atoms with E-state index in [0.717, 1.165) is 31.5 Å². The first-order chi connectivity index (χ1) is 20.0. The number of hydrogen-bond acceptors (Lipinski definition) is 1. The van der Waals surface area contributed by atoms with Gasteiger partial charge in [-0.05, 0) is 155 Å². The maximum Gasteiger partial charge on any atom is 0.0844 e. The van der Waals surface area contributed by atoms with Crippen molar-refractivity contribution in [1.82, 2.24) is 0 Å². The van der Waals surface area contributed by atoms with Crippen molar-refractivity contribution >= 4 is 38.2 Å². The zero-order chi connectivity index (χ0) is 29.7. The van der Waals surface area contributed by atoms with Crippen molar-refractivity contribution in [3.05, 3.63) is 47.5 Å². The first-order valence-corrected chi connectivity index (χ1v) is 14.9. The minimum Gasteiger partial charge on any atom is -0.106 e. The third-order valence-electron chi connectivity index (χ3n) is 4.39. The van der Waals surface area contributed by atoms with Crippen molar-refractivity contribution in [1.29, 1.82) is 0 Å². The maximum atomic E-state index is 5.24. The summed E-state index contributed by atoms with van der Waals surface area (Å²) in [5, 5.41) is 1.92. The molecular weight excluding hydrogens is 550 g/mol. The van der Waals surface area contributed by atoms with Crippen LogP contribution in [0.2, 0.25) is 0 Å². The van der Waals surface area contributed by atoms with Gasteiger partial charge in [-0.15, -0.1) is 25.7 Å². The number of aryl methyl sites for hydroxylation is 2. The highest BCUT2D eigenvalue weighted by molar-refractivity contribution is 8.00. The molecule has 0 saturated heterocycles. The van der Waals surface area contributed by atoms with Crippen LogP contribution in [-0.2, 0) is 0 Å². The Morgan fingerprint density at radius 3 is 1.07 bits per heavy atom. The molecule has 0 radical (unpaired) electrons. The predicted octanol–water partition coefficient (Wildman–Crippen LogP) is 5.06. The van der Waals surface area contributed by atoms with E-state index in [-0.39, 0.29) is 0 Å². The van der Waals surface area contributed by atoms with Crippen LogP contribution in [-0.4, -0.2) is 0 Å². The Labute approximate surface area is 251 Å². The summed E-state index contributed by atoms with van der Waals surface area (Å²) in [7, 11) is -2.58. The molecule has 0 aromatic heterocycles. The average Bonchev–Trinajstić information content (AvgIpc) is 2.97. The first kappa shape index (κ1) is 31.6. The van der Waals surface area contributed by atoms with Gasteiger partial charge in [0, 0.05) is 20.4 Å². The predicted molar refractivity (Wildman–Crippen MR) is 177 cm³/mol. The van der Waals surface area contributed by atoms with E-state index in [9.17, 15) is 0 Å². The molecule has 3 heteroatoms. The average molecular weight is 567 g/mol. The zero-order valence-electron chi connectivity index (χ0n) is 22.1. The minimum absolute atomic E-state index is 0.961. The van der Waals surface area contributed by atoms with E-state index in [2.05, 4.69) is 130 Å². The Balaban J connectivity index is 2.74. The molecule has 2 aromatic rings. The summed E-state index contributed by atoms with van der Waals surface area (Å²) < 4.78 is 0. The molecule has 0 aliphatic heterocycles. The van der Waals surface area contributed by atoms with E-state index in [0.29, 0.717) is 0 Å². The highest BCUT2D eigenvalue weighted by Gasteiger charge is 2.17. The Hall–Kier alpha value is -5.63. The molecule has 0 atom stereocenters. The van der Waals surface area contributed by atoms with Crippen LogP contribution in [0, 0.1) is 157 Å². The van der Waals surface area contributed by atoms with Crippen LogP contribution in [0.4, 0.5) is 0 Å². The van der Waals surface area contributed by atoms with Gasteiger partial charge in [0.1, 0.15) is 0 Å². The van der Waals surface area contributed by atoms with Gasteiger partial charge >= 0.3 is 0 Å². The SMILES string of the molecule is C#CC#CC#CP(C#CC#CC#C)c1cc(C)ccc1Sc1ccc(C)cc1P(C#CC#CC#C)C#CC#CC#C. The van der Waals surface area contributed by atoms with Crippen LogP contribution in [0.1, 0.15) is 11.1 Å². The van der Waals surface area contributed by atoms with Crippen LogP contribution < -0.4 is 10.6 Å². The van der Waals surface area contributed by atoms with Crippen molar-refractivity contribution in [2.24, 2.45) is 0 Å². The Morgan fingerprint density at radius 1 is 0.463 bits per heavy atom. The standard InChI is InChI=1S/C38H16P2S/c1-7-11-15-19-27-39(28-20-16-12-8-2)35-31-33(5)23-25-37(35)41-38-26-24-34(6)32-36(38)40(29-21-17-13-9-3)30-22-18-14-10-4/h1-4,23-26,31-32H,5-6H3. The largest absolute Gasteiger partial charge is 0.106 e. The van der Waals surface area contributed by atoms with Gasteiger partial charge in [0.05, 0.1) is 15.8 Å². The molecule has 0 amide bonds.